The van der Waals surface area contributed by atoms with Crippen LogP contribution in [0.5, 0.6) is 0 Å². The molecule has 8 nitrogen and oxygen atoms in total. The van der Waals surface area contributed by atoms with Crippen LogP contribution in [-0.4, -0.2) is 42.6 Å². The number of aliphatic hydroxyl groups is 1. The Balaban J connectivity index is 2.40. The monoisotopic (exact) mass is 315 g/mol. The van der Waals surface area contributed by atoms with Crippen molar-refractivity contribution in [2.45, 2.75) is 45.3 Å². The van der Waals surface area contributed by atoms with Gasteiger partial charge in [-0.15, -0.1) is 0 Å². The Labute approximate surface area is 128 Å². The molecular weight excluding hydrogens is 294 g/mol. The number of amides is 1. The lowest BCUT2D eigenvalue weighted by Crippen LogP contribution is -2.42. The quantitative estimate of drug-likeness (QED) is 0.251. The zero-order valence-electron chi connectivity index (χ0n) is 12.9. The fraction of sp³-hybridized carbons (Fsp3) is 0.643. The Morgan fingerprint density at radius 2 is 1.77 bits per heavy atom. The second-order valence-corrected chi connectivity index (χ2v) is 5.23. The van der Waals surface area contributed by atoms with E-state index in [1.165, 1.54) is 21.0 Å². The van der Waals surface area contributed by atoms with Gasteiger partial charge in [-0.1, -0.05) is 6.42 Å². The molecule has 0 aromatic carbocycles. The summed E-state index contributed by atoms with van der Waals surface area (Å²) in [4.78, 5) is 34.2. The molecule has 0 radical (unpaired) electrons. The fourth-order valence-corrected chi connectivity index (χ4v) is 1.87. The third kappa shape index (κ3) is 5.27. The highest BCUT2D eigenvalue weighted by Gasteiger charge is 2.40. The Bertz CT molecular complexity index is 460. The molecule has 22 heavy (non-hydrogen) atoms. The summed E-state index contributed by atoms with van der Waals surface area (Å²) >= 11 is 0. The first-order valence-corrected chi connectivity index (χ1v) is 6.97. The van der Waals surface area contributed by atoms with Crippen LogP contribution < -0.4 is 5.32 Å². The molecule has 0 aromatic heterocycles. The Kier molecular flexibility index (Phi) is 6.21. The van der Waals surface area contributed by atoms with Gasteiger partial charge in [-0.3, -0.25) is 0 Å². The van der Waals surface area contributed by atoms with Gasteiger partial charge in [0.25, 0.3) is 5.79 Å². The van der Waals surface area contributed by atoms with Crippen molar-refractivity contribution in [3.05, 3.63) is 11.3 Å². The number of hydrogen-bond donors (Lipinski definition) is 2. The molecule has 1 saturated heterocycles. The van der Waals surface area contributed by atoms with Crippen LogP contribution in [0.15, 0.2) is 11.3 Å². The van der Waals surface area contributed by atoms with E-state index in [2.05, 4.69) is 10.1 Å². The van der Waals surface area contributed by atoms with Crippen molar-refractivity contribution in [1.29, 1.82) is 0 Å². The van der Waals surface area contributed by atoms with Crippen molar-refractivity contribution in [2.24, 2.45) is 0 Å². The van der Waals surface area contributed by atoms with Crippen LogP contribution >= 0.6 is 0 Å². The number of ether oxygens (including phenoxy) is 3. The molecule has 8 heteroatoms. The maximum Gasteiger partial charge on any atom is 0.406 e. The van der Waals surface area contributed by atoms with Gasteiger partial charge in [0.05, 0.1) is 7.11 Å². The number of unbranched alkanes of at least 4 members (excludes halogenated alkanes) is 2. The third-order valence-corrected chi connectivity index (χ3v) is 2.92. The first-order chi connectivity index (χ1) is 10.3. The van der Waals surface area contributed by atoms with E-state index in [-0.39, 0.29) is 12.2 Å². The van der Waals surface area contributed by atoms with Crippen molar-refractivity contribution in [3.8, 4) is 0 Å². The van der Waals surface area contributed by atoms with E-state index in [1.807, 2.05) is 0 Å². The summed E-state index contributed by atoms with van der Waals surface area (Å²) in [5.41, 5.74) is -0.452. The molecule has 0 aromatic rings. The molecule has 1 amide bonds. The van der Waals surface area contributed by atoms with E-state index >= 15 is 0 Å². The van der Waals surface area contributed by atoms with Crippen LogP contribution in [0, 0.1) is 0 Å². The number of cyclic esters (lactones) is 2. The first kappa shape index (κ1) is 17.8. The number of rotatable bonds is 6. The van der Waals surface area contributed by atoms with Crippen LogP contribution in [-0.2, 0) is 23.8 Å². The van der Waals surface area contributed by atoms with Gasteiger partial charge >= 0.3 is 18.0 Å². The number of alkyl carbamates (subject to hydrolysis) is 1. The normalized spacial score (nSPS) is 16.6. The molecule has 1 rings (SSSR count). The van der Waals surface area contributed by atoms with Crippen LogP contribution in [0.25, 0.3) is 0 Å². The van der Waals surface area contributed by atoms with E-state index in [0.717, 1.165) is 0 Å². The molecule has 0 bridgehead atoms. The second-order valence-electron chi connectivity index (χ2n) is 5.23. The number of allylic oxidation sites excluding steroid dienone is 1. The molecule has 1 heterocycles. The number of carbonyl (C=O) groups excluding carboxylic acids is 3. The minimum atomic E-state index is -1.32. The largest absolute Gasteiger partial charge is 0.511 e. The van der Waals surface area contributed by atoms with E-state index < -0.39 is 29.4 Å². The van der Waals surface area contributed by atoms with Gasteiger partial charge in [-0.2, -0.15) is 0 Å². The molecule has 0 unspecified atom stereocenters. The molecule has 2 N–H and O–H groups in total. The Morgan fingerprint density at radius 3 is 2.32 bits per heavy atom. The number of hydrogen-bond acceptors (Lipinski definition) is 7. The average Bonchev–Trinajstić information content (AvgIpc) is 2.39. The van der Waals surface area contributed by atoms with Gasteiger partial charge in [-0.25, -0.2) is 14.4 Å². The molecule has 1 fully saturated rings. The molecule has 1 aliphatic rings. The van der Waals surface area contributed by atoms with Gasteiger partial charge in [0.15, 0.2) is 5.57 Å². The lowest BCUT2D eigenvalue weighted by molar-refractivity contribution is -0.222. The number of aliphatic hydroxyl groups excluding tert-OH is 1. The maximum absolute atomic E-state index is 11.7. The highest BCUT2D eigenvalue weighted by molar-refractivity contribution is 6.15. The van der Waals surface area contributed by atoms with Gasteiger partial charge in [0, 0.05) is 26.8 Å². The number of esters is 2. The maximum atomic E-state index is 11.7. The van der Waals surface area contributed by atoms with Crippen molar-refractivity contribution in [1.82, 2.24) is 5.32 Å². The summed E-state index contributed by atoms with van der Waals surface area (Å²) in [7, 11) is 1.28. The van der Waals surface area contributed by atoms with Crippen LogP contribution in [0.4, 0.5) is 4.79 Å². The van der Waals surface area contributed by atoms with E-state index in [1.54, 1.807) is 0 Å². The van der Waals surface area contributed by atoms with Gasteiger partial charge in [0.2, 0.25) is 0 Å². The van der Waals surface area contributed by atoms with Gasteiger partial charge in [-0.05, 0) is 12.8 Å². The average molecular weight is 315 g/mol. The molecule has 0 saturated carbocycles. The van der Waals surface area contributed by atoms with Crippen LogP contribution in [0.1, 0.15) is 39.5 Å². The van der Waals surface area contributed by atoms with E-state index in [4.69, 9.17) is 9.47 Å². The first-order valence-electron chi connectivity index (χ1n) is 6.97. The van der Waals surface area contributed by atoms with Crippen molar-refractivity contribution >= 4 is 18.0 Å². The summed E-state index contributed by atoms with van der Waals surface area (Å²) in [5.74, 6) is -3.43. The van der Waals surface area contributed by atoms with E-state index in [0.29, 0.717) is 25.8 Å². The molecule has 124 valence electrons. The second kappa shape index (κ2) is 7.67. The highest BCUT2D eigenvalue weighted by atomic mass is 16.7. The molecule has 0 aliphatic carbocycles. The summed E-state index contributed by atoms with van der Waals surface area (Å²) in [6, 6.07) is 0. The molecule has 0 spiro atoms. The van der Waals surface area contributed by atoms with Gasteiger partial charge in [0.1, 0.15) is 5.76 Å². The van der Waals surface area contributed by atoms with Crippen molar-refractivity contribution in [3.63, 3.8) is 0 Å². The minimum absolute atomic E-state index is 0.151. The topological polar surface area (TPSA) is 111 Å². The smallest absolute Gasteiger partial charge is 0.406 e. The molecule has 0 atom stereocenters. The number of carbonyl (C=O) groups is 3. The fourth-order valence-electron chi connectivity index (χ4n) is 1.87. The zero-order valence-corrected chi connectivity index (χ0v) is 12.9. The third-order valence-electron chi connectivity index (χ3n) is 2.92. The van der Waals surface area contributed by atoms with Crippen LogP contribution in [0.3, 0.4) is 0 Å². The minimum Gasteiger partial charge on any atom is -0.511 e. The molecule has 1 aliphatic heterocycles. The Morgan fingerprint density at radius 1 is 1.18 bits per heavy atom. The van der Waals surface area contributed by atoms with Crippen LogP contribution in [0.2, 0.25) is 0 Å². The zero-order chi connectivity index (χ0) is 16.8. The van der Waals surface area contributed by atoms with Gasteiger partial charge < -0.3 is 24.6 Å². The summed E-state index contributed by atoms with van der Waals surface area (Å²) in [5, 5.41) is 12.4. The summed E-state index contributed by atoms with van der Waals surface area (Å²) < 4.78 is 14.2. The summed E-state index contributed by atoms with van der Waals surface area (Å²) in [6.45, 7) is 3.32. The van der Waals surface area contributed by atoms with Crippen molar-refractivity contribution in [2.75, 3.05) is 13.7 Å². The van der Waals surface area contributed by atoms with E-state index in [9.17, 15) is 19.5 Å². The molecular formula is C14H21NO7. The SMILES string of the molecule is COC(=O)NCCCCCC(O)=C1C(=O)OC(C)(C)OC1=O. The predicted octanol–water partition coefficient (Wildman–Crippen LogP) is 1.55. The Hall–Kier alpha value is -2.25. The van der Waals surface area contributed by atoms with Crippen molar-refractivity contribution < 1.29 is 33.7 Å². The highest BCUT2D eigenvalue weighted by Crippen LogP contribution is 2.25. The predicted molar refractivity (Wildman–Crippen MR) is 74.8 cm³/mol. The standard InChI is InChI=1S/C14H21NO7/c1-14(2)21-11(17)10(12(18)22-14)9(16)7-5-4-6-8-15-13(19)20-3/h16H,4-8H2,1-3H3,(H,15,19). The number of nitrogens with one attached hydrogen (secondary N) is 1. The lowest BCUT2D eigenvalue weighted by Gasteiger charge is -2.30. The number of methoxy groups -OCH3 is 1. The summed E-state index contributed by atoms with van der Waals surface area (Å²) in [6.07, 6.45) is 1.57. The lowest BCUT2D eigenvalue weighted by atomic mass is 10.1.